The predicted octanol–water partition coefficient (Wildman–Crippen LogP) is 4.64. The van der Waals surface area contributed by atoms with Crippen LogP contribution in [0.15, 0.2) is 54.7 Å². The molecule has 0 saturated carbocycles. The lowest BCUT2D eigenvalue weighted by atomic mass is 9.91. The van der Waals surface area contributed by atoms with Crippen LogP contribution in [-0.4, -0.2) is 35.4 Å². The molecule has 1 aromatic heterocycles. The summed E-state index contributed by atoms with van der Waals surface area (Å²) in [5.74, 6) is 0.875. The first-order valence-electron chi connectivity index (χ1n) is 10.2. The van der Waals surface area contributed by atoms with E-state index >= 15 is 0 Å². The highest BCUT2D eigenvalue weighted by molar-refractivity contribution is 6.30. The summed E-state index contributed by atoms with van der Waals surface area (Å²) in [6.07, 6.45) is 3.58. The molecule has 7 heteroatoms. The van der Waals surface area contributed by atoms with Crippen LogP contribution < -0.4 is 15.4 Å². The highest BCUT2D eigenvalue weighted by atomic mass is 35.5. The summed E-state index contributed by atoms with van der Waals surface area (Å²) in [4.78, 5) is 13.2. The van der Waals surface area contributed by atoms with Crippen LogP contribution in [0.1, 0.15) is 41.7 Å². The molecule has 2 heterocycles. The zero-order valence-corrected chi connectivity index (χ0v) is 17.7. The zero-order valence-electron chi connectivity index (χ0n) is 16.9. The van der Waals surface area contributed by atoms with Gasteiger partial charge in [-0.15, -0.1) is 0 Å². The molecule has 0 radical (unpaired) electrons. The molecule has 3 aromatic rings. The maximum absolute atomic E-state index is 13.2. The van der Waals surface area contributed by atoms with Gasteiger partial charge in [0.1, 0.15) is 5.75 Å². The molecule has 1 saturated heterocycles. The van der Waals surface area contributed by atoms with Crippen LogP contribution in [0.2, 0.25) is 5.02 Å². The highest BCUT2D eigenvalue weighted by Gasteiger charge is 2.27. The summed E-state index contributed by atoms with van der Waals surface area (Å²) in [6, 6.07) is 14.9. The highest BCUT2D eigenvalue weighted by Crippen LogP contribution is 2.31. The number of aromatic nitrogens is 2. The standard InChI is InChI=1S/C23H25ClN4O2/c1-2-30-20-9-5-18(6-10-20)27-23(29)21-15-26-28(19-7-3-17(24)4-8-19)22(21)16-11-13-25-14-12-16/h3-10,15-16,25H,2,11-14H2,1H3,(H,27,29). The van der Waals surface area contributed by atoms with Crippen LogP contribution in [0.5, 0.6) is 5.75 Å². The Hall–Kier alpha value is -2.83. The normalized spacial score (nSPS) is 14.5. The number of amides is 1. The minimum atomic E-state index is -0.159. The van der Waals surface area contributed by atoms with Crippen LogP contribution in [0, 0.1) is 0 Å². The minimum Gasteiger partial charge on any atom is -0.494 e. The van der Waals surface area contributed by atoms with Gasteiger partial charge in [0.05, 0.1) is 29.7 Å². The van der Waals surface area contributed by atoms with E-state index < -0.39 is 0 Å². The molecule has 0 unspecified atom stereocenters. The fourth-order valence-corrected chi connectivity index (χ4v) is 3.93. The number of hydrogen-bond donors (Lipinski definition) is 2. The van der Waals surface area contributed by atoms with Crippen molar-refractivity contribution in [3.05, 3.63) is 71.0 Å². The number of halogens is 1. The lowest BCUT2D eigenvalue weighted by molar-refractivity contribution is 0.102. The van der Waals surface area contributed by atoms with Crippen molar-refractivity contribution in [2.24, 2.45) is 0 Å². The van der Waals surface area contributed by atoms with E-state index in [2.05, 4.69) is 15.7 Å². The molecule has 1 amide bonds. The SMILES string of the molecule is CCOc1ccc(NC(=O)c2cnn(-c3ccc(Cl)cc3)c2C2CCNCC2)cc1. The molecule has 2 aromatic carbocycles. The molecule has 2 N–H and O–H groups in total. The van der Waals surface area contributed by atoms with Crippen molar-refractivity contribution in [1.29, 1.82) is 0 Å². The quantitative estimate of drug-likeness (QED) is 0.604. The molecule has 6 nitrogen and oxygen atoms in total. The fraction of sp³-hybridized carbons (Fsp3) is 0.304. The van der Waals surface area contributed by atoms with Crippen LogP contribution in [0.3, 0.4) is 0 Å². The fourth-order valence-electron chi connectivity index (χ4n) is 3.81. The van der Waals surface area contributed by atoms with E-state index in [-0.39, 0.29) is 11.8 Å². The first-order valence-corrected chi connectivity index (χ1v) is 10.6. The number of ether oxygens (including phenoxy) is 1. The van der Waals surface area contributed by atoms with Gasteiger partial charge in [-0.05, 0) is 81.4 Å². The van der Waals surface area contributed by atoms with Crippen LogP contribution in [-0.2, 0) is 0 Å². The number of benzene rings is 2. The van der Waals surface area contributed by atoms with E-state index in [0.29, 0.717) is 17.2 Å². The molecule has 0 bridgehead atoms. The van der Waals surface area contributed by atoms with Gasteiger partial charge in [-0.3, -0.25) is 4.79 Å². The van der Waals surface area contributed by atoms with Gasteiger partial charge < -0.3 is 15.4 Å². The third-order valence-electron chi connectivity index (χ3n) is 5.27. The lowest BCUT2D eigenvalue weighted by Crippen LogP contribution is -2.29. The molecular weight excluding hydrogens is 400 g/mol. The zero-order chi connectivity index (χ0) is 20.9. The second-order valence-electron chi connectivity index (χ2n) is 7.27. The van der Waals surface area contributed by atoms with Gasteiger partial charge >= 0.3 is 0 Å². The van der Waals surface area contributed by atoms with Crippen molar-refractivity contribution < 1.29 is 9.53 Å². The number of anilines is 1. The Kier molecular flexibility index (Phi) is 6.35. The molecule has 30 heavy (non-hydrogen) atoms. The topological polar surface area (TPSA) is 68.2 Å². The maximum Gasteiger partial charge on any atom is 0.259 e. The number of carbonyl (C=O) groups is 1. The van der Waals surface area contributed by atoms with Crippen molar-refractivity contribution in [1.82, 2.24) is 15.1 Å². The summed E-state index contributed by atoms with van der Waals surface area (Å²) in [5, 5.41) is 11.6. The summed E-state index contributed by atoms with van der Waals surface area (Å²) in [5.41, 5.74) is 3.17. The Morgan fingerprint density at radius 1 is 1.17 bits per heavy atom. The van der Waals surface area contributed by atoms with Crippen LogP contribution in [0.4, 0.5) is 5.69 Å². The number of rotatable bonds is 6. The largest absolute Gasteiger partial charge is 0.494 e. The van der Waals surface area contributed by atoms with Gasteiger partial charge in [0.2, 0.25) is 0 Å². The van der Waals surface area contributed by atoms with Gasteiger partial charge in [-0.1, -0.05) is 11.6 Å². The Bertz CT molecular complexity index is 993. The molecule has 0 spiro atoms. The molecule has 156 valence electrons. The smallest absolute Gasteiger partial charge is 0.259 e. The Labute approximate surface area is 181 Å². The van der Waals surface area contributed by atoms with Gasteiger partial charge in [-0.25, -0.2) is 4.68 Å². The van der Waals surface area contributed by atoms with E-state index in [9.17, 15) is 4.79 Å². The summed E-state index contributed by atoms with van der Waals surface area (Å²) in [7, 11) is 0. The first-order chi connectivity index (χ1) is 14.7. The number of carbonyl (C=O) groups excluding carboxylic acids is 1. The number of nitrogens with zero attached hydrogens (tertiary/aromatic N) is 2. The molecule has 4 rings (SSSR count). The third-order valence-corrected chi connectivity index (χ3v) is 5.52. The van der Waals surface area contributed by atoms with Crippen molar-refractivity contribution in [3.63, 3.8) is 0 Å². The maximum atomic E-state index is 13.2. The molecule has 1 aliphatic rings. The number of hydrogen-bond acceptors (Lipinski definition) is 4. The van der Waals surface area contributed by atoms with E-state index in [4.69, 9.17) is 16.3 Å². The van der Waals surface area contributed by atoms with Crippen molar-refractivity contribution in [2.45, 2.75) is 25.7 Å². The van der Waals surface area contributed by atoms with Gasteiger partial charge in [-0.2, -0.15) is 5.10 Å². The summed E-state index contributed by atoms with van der Waals surface area (Å²) in [6.45, 7) is 4.40. The molecule has 1 fully saturated rings. The second kappa shape index (κ2) is 9.32. The van der Waals surface area contributed by atoms with E-state index in [1.54, 1.807) is 6.20 Å². The lowest BCUT2D eigenvalue weighted by Gasteiger charge is -2.24. The third kappa shape index (κ3) is 4.50. The average molecular weight is 425 g/mol. The van der Waals surface area contributed by atoms with E-state index in [0.717, 1.165) is 48.7 Å². The van der Waals surface area contributed by atoms with Crippen LogP contribution >= 0.6 is 11.6 Å². The molecule has 0 aliphatic carbocycles. The monoisotopic (exact) mass is 424 g/mol. The van der Waals surface area contributed by atoms with Crippen LogP contribution in [0.25, 0.3) is 5.69 Å². The summed E-state index contributed by atoms with van der Waals surface area (Å²) >= 11 is 6.05. The predicted molar refractivity (Wildman–Crippen MR) is 119 cm³/mol. The summed E-state index contributed by atoms with van der Waals surface area (Å²) < 4.78 is 7.34. The van der Waals surface area contributed by atoms with Crippen molar-refractivity contribution >= 4 is 23.2 Å². The Morgan fingerprint density at radius 2 is 1.87 bits per heavy atom. The number of nitrogens with one attached hydrogen (secondary N) is 2. The Morgan fingerprint density at radius 3 is 2.53 bits per heavy atom. The second-order valence-corrected chi connectivity index (χ2v) is 7.70. The molecular formula is C23H25ClN4O2. The number of piperidine rings is 1. The van der Waals surface area contributed by atoms with E-state index in [1.807, 2.05) is 60.1 Å². The van der Waals surface area contributed by atoms with Crippen molar-refractivity contribution in [3.8, 4) is 11.4 Å². The Balaban J connectivity index is 1.64. The van der Waals surface area contributed by atoms with E-state index in [1.165, 1.54) is 0 Å². The molecule has 0 atom stereocenters. The first kappa shape index (κ1) is 20.4. The van der Waals surface area contributed by atoms with Crippen molar-refractivity contribution in [2.75, 3.05) is 25.0 Å². The van der Waals surface area contributed by atoms with Gasteiger partial charge in [0.15, 0.2) is 0 Å². The minimum absolute atomic E-state index is 0.159. The molecule has 1 aliphatic heterocycles. The average Bonchev–Trinajstić information content (AvgIpc) is 3.22. The van der Waals surface area contributed by atoms with Gasteiger partial charge in [0, 0.05) is 16.6 Å². The van der Waals surface area contributed by atoms with Gasteiger partial charge in [0.25, 0.3) is 5.91 Å².